The van der Waals surface area contributed by atoms with Crippen molar-refractivity contribution < 1.29 is 18.3 Å². The number of benzene rings is 2. The Hall–Kier alpha value is -3.53. The Balaban J connectivity index is 1.29. The fourth-order valence-electron chi connectivity index (χ4n) is 2.70. The number of fused-ring (bicyclic) bond motifs is 1. The normalized spacial score (nSPS) is 10.9. The molecule has 0 aliphatic rings. The van der Waals surface area contributed by atoms with Crippen LogP contribution in [0.15, 0.2) is 65.6 Å². The van der Waals surface area contributed by atoms with E-state index >= 15 is 0 Å². The maximum atomic E-state index is 13.2. The van der Waals surface area contributed by atoms with Gasteiger partial charge < -0.3 is 10.1 Å². The van der Waals surface area contributed by atoms with Crippen molar-refractivity contribution in [2.45, 2.75) is 4.90 Å². The summed E-state index contributed by atoms with van der Waals surface area (Å²) in [5, 5.41) is 15.3. The van der Waals surface area contributed by atoms with Crippen molar-refractivity contribution in [1.29, 1.82) is 0 Å². The van der Waals surface area contributed by atoms with Crippen LogP contribution in [-0.2, 0) is 4.79 Å². The number of carbonyl (C=O) groups is 1. The van der Waals surface area contributed by atoms with Gasteiger partial charge in [0.05, 0.1) is 12.3 Å². The maximum Gasteiger partial charge on any atom is 0.231 e. The molecule has 0 aliphatic carbocycles. The van der Waals surface area contributed by atoms with Crippen molar-refractivity contribution in [3.8, 4) is 17.3 Å². The monoisotopic (exact) mass is 441 g/mol. The van der Waals surface area contributed by atoms with Gasteiger partial charge in [-0.15, -0.1) is 27.1 Å². The first kappa shape index (κ1) is 20.7. The molecule has 0 spiro atoms. The van der Waals surface area contributed by atoms with Crippen LogP contribution in [0.1, 0.15) is 0 Å². The van der Waals surface area contributed by atoms with Crippen LogP contribution in [-0.4, -0.2) is 44.6 Å². The number of ether oxygens (including phenoxy) is 1. The molecule has 7 nitrogen and oxygen atoms in total. The quantitative estimate of drug-likeness (QED) is 0.334. The summed E-state index contributed by atoms with van der Waals surface area (Å²) < 4.78 is 33.2. The van der Waals surface area contributed by atoms with E-state index in [1.807, 2.05) is 0 Å². The predicted molar refractivity (Wildman–Crippen MR) is 112 cm³/mol. The van der Waals surface area contributed by atoms with Crippen LogP contribution in [0.3, 0.4) is 0 Å². The summed E-state index contributed by atoms with van der Waals surface area (Å²) in [6.45, 7) is 0.523. The fraction of sp³-hybridized carbons (Fsp3) is 0.143. The molecule has 0 bridgehead atoms. The Morgan fingerprint density at radius 1 is 0.968 bits per heavy atom. The Morgan fingerprint density at radius 2 is 1.68 bits per heavy atom. The van der Waals surface area contributed by atoms with Crippen molar-refractivity contribution in [2.24, 2.45) is 0 Å². The van der Waals surface area contributed by atoms with E-state index in [2.05, 4.69) is 20.6 Å². The lowest BCUT2D eigenvalue weighted by Gasteiger charge is -2.08. The van der Waals surface area contributed by atoms with Crippen LogP contribution in [0.2, 0.25) is 0 Å². The zero-order valence-electron chi connectivity index (χ0n) is 16.2. The molecule has 1 amide bonds. The lowest BCUT2D eigenvalue weighted by Crippen LogP contribution is -2.29. The van der Waals surface area contributed by atoms with Gasteiger partial charge in [0.2, 0.25) is 11.8 Å². The molecule has 0 atom stereocenters. The van der Waals surface area contributed by atoms with Gasteiger partial charge in [-0.1, -0.05) is 0 Å². The Bertz CT molecular complexity index is 1180. The minimum Gasteiger partial charge on any atom is -0.475 e. The van der Waals surface area contributed by atoms with E-state index in [1.165, 1.54) is 40.5 Å². The van der Waals surface area contributed by atoms with Crippen molar-refractivity contribution >= 4 is 23.3 Å². The highest BCUT2D eigenvalue weighted by molar-refractivity contribution is 8.00. The van der Waals surface area contributed by atoms with Gasteiger partial charge in [-0.05, 0) is 54.6 Å². The second kappa shape index (κ2) is 9.52. The first-order valence-corrected chi connectivity index (χ1v) is 10.3. The maximum absolute atomic E-state index is 13.2. The molecular formula is C21H17F2N5O2S. The largest absolute Gasteiger partial charge is 0.475 e. The zero-order chi connectivity index (χ0) is 21.6. The number of hydrogen-bond donors (Lipinski definition) is 1. The highest BCUT2D eigenvalue weighted by Gasteiger charge is 2.11. The summed E-state index contributed by atoms with van der Waals surface area (Å²) in [6.07, 6.45) is 0. The molecule has 0 saturated carbocycles. The van der Waals surface area contributed by atoms with Gasteiger partial charge >= 0.3 is 0 Å². The molecule has 2 aromatic carbocycles. The molecule has 0 saturated heterocycles. The van der Waals surface area contributed by atoms with E-state index in [-0.39, 0.29) is 29.9 Å². The third kappa shape index (κ3) is 5.34. The van der Waals surface area contributed by atoms with Crippen LogP contribution in [0.25, 0.3) is 17.0 Å². The average Bonchev–Trinajstić information content (AvgIpc) is 3.20. The number of rotatable bonds is 8. The number of amides is 1. The first-order valence-electron chi connectivity index (χ1n) is 9.35. The van der Waals surface area contributed by atoms with Crippen molar-refractivity contribution in [1.82, 2.24) is 25.1 Å². The molecule has 10 heteroatoms. The lowest BCUT2D eigenvalue weighted by atomic mass is 10.2. The summed E-state index contributed by atoms with van der Waals surface area (Å²) >= 11 is 1.32. The number of nitrogens with zero attached hydrogens (tertiary/aromatic N) is 4. The Kier molecular flexibility index (Phi) is 6.37. The van der Waals surface area contributed by atoms with Gasteiger partial charge in [-0.3, -0.25) is 4.79 Å². The summed E-state index contributed by atoms with van der Waals surface area (Å²) in [4.78, 5) is 12.8. The number of thioether (sulfide) groups is 1. The van der Waals surface area contributed by atoms with E-state index in [9.17, 15) is 13.6 Å². The molecular weight excluding hydrogens is 424 g/mol. The van der Waals surface area contributed by atoms with E-state index in [0.29, 0.717) is 29.5 Å². The molecule has 4 rings (SSSR count). The smallest absolute Gasteiger partial charge is 0.231 e. The molecule has 158 valence electrons. The molecule has 0 radical (unpaired) electrons. The third-order valence-electron chi connectivity index (χ3n) is 4.20. The van der Waals surface area contributed by atoms with Gasteiger partial charge in [-0.25, -0.2) is 8.78 Å². The standard InChI is InChI=1S/C21H17F2N5O2S/c22-15-3-1-14(2-4-15)21-26-25-18-9-10-20(27-28(18)21)30-12-11-24-19(29)13-31-17-7-5-16(23)6-8-17/h1-10H,11-13H2,(H,24,29). The third-order valence-corrected chi connectivity index (χ3v) is 5.21. The number of nitrogens with one attached hydrogen (secondary N) is 1. The summed E-state index contributed by atoms with van der Waals surface area (Å²) in [5.41, 5.74) is 1.20. The van der Waals surface area contributed by atoms with Gasteiger partial charge in [-0.2, -0.15) is 4.52 Å². The second-order valence-electron chi connectivity index (χ2n) is 6.41. The van der Waals surface area contributed by atoms with Crippen LogP contribution in [0.5, 0.6) is 5.88 Å². The SMILES string of the molecule is O=C(CSc1ccc(F)cc1)NCCOc1ccc2nnc(-c3ccc(F)cc3)n2n1. The van der Waals surface area contributed by atoms with E-state index in [4.69, 9.17) is 4.74 Å². The van der Waals surface area contributed by atoms with Crippen molar-refractivity contribution in [3.05, 3.63) is 72.3 Å². The molecule has 2 aromatic heterocycles. The van der Waals surface area contributed by atoms with Gasteiger partial charge in [0.25, 0.3) is 0 Å². The highest BCUT2D eigenvalue weighted by Crippen LogP contribution is 2.19. The first-order chi connectivity index (χ1) is 15.1. The van der Waals surface area contributed by atoms with Gasteiger partial charge in [0.1, 0.15) is 18.2 Å². The van der Waals surface area contributed by atoms with E-state index in [0.717, 1.165) is 4.90 Å². The van der Waals surface area contributed by atoms with Crippen LogP contribution in [0.4, 0.5) is 8.78 Å². The Labute approximate surface area is 180 Å². The molecule has 2 heterocycles. The van der Waals surface area contributed by atoms with Crippen LogP contribution in [0, 0.1) is 11.6 Å². The summed E-state index contributed by atoms with van der Waals surface area (Å²) in [7, 11) is 0. The van der Waals surface area contributed by atoms with Gasteiger partial charge in [0, 0.05) is 16.5 Å². The zero-order valence-corrected chi connectivity index (χ0v) is 17.0. The summed E-state index contributed by atoms with van der Waals surface area (Å²) in [5.74, 6) is 0.218. The average molecular weight is 441 g/mol. The molecule has 0 fully saturated rings. The van der Waals surface area contributed by atoms with E-state index < -0.39 is 0 Å². The molecule has 1 N–H and O–H groups in total. The van der Waals surface area contributed by atoms with Crippen LogP contribution >= 0.6 is 11.8 Å². The topological polar surface area (TPSA) is 81.4 Å². The van der Waals surface area contributed by atoms with Gasteiger partial charge in [0.15, 0.2) is 11.5 Å². The second-order valence-corrected chi connectivity index (χ2v) is 7.46. The molecule has 4 aromatic rings. The molecule has 0 aliphatic heterocycles. The van der Waals surface area contributed by atoms with Crippen LogP contribution < -0.4 is 10.1 Å². The Morgan fingerprint density at radius 3 is 2.42 bits per heavy atom. The summed E-state index contributed by atoms with van der Waals surface area (Å²) in [6, 6.07) is 15.2. The molecule has 31 heavy (non-hydrogen) atoms. The number of carbonyl (C=O) groups excluding carboxylic acids is 1. The lowest BCUT2D eigenvalue weighted by molar-refractivity contribution is -0.118. The fourth-order valence-corrected chi connectivity index (χ4v) is 3.43. The predicted octanol–water partition coefficient (Wildman–Crippen LogP) is 3.36. The molecule has 0 unspecified atom stereocenters. The minimum atomic E-state index is -0.340. The highest BCUT2D eigenvalue weighted by atomic mass is 32.2. The van der Waals surface area contributed by atoms with E-state index in [1.54, 1.807) is 36.4 Å². The number of hydrogen-bond acceptors (Lipinski definition) is 6. The number of halogens is 2. The minimum absolute atomic E-state index is 0.154. The van der Waals surface area contributed by atoms with Crippen molar-refractivity contribution in [3.63, 3.8) is 0 Å². The number of aromatic nitrogens is 4. The van der Waals surface area contributed by atoms with Crippen molar-refractivity contribution in [2.75, 3.05) is 18.9 Å².